The van der Waals surface area contributed by atoms with Crippen molar-refractivity contribution in [3.05, 3.63) is 59.0 Å². The molecule has 1 amide bonds. The average molecular weight is 283 g/mol. The molecule has 4 heteroatoms. The highest BCUT2D eigenvalue weighted by Crippen LogP contribution is 2.14. The number of benzene rings is 1. The lowest BCUT2D eigenvalue weighted by atomic mass is 10.0. The van der Waals surface area contributed by atoms with Gasteiger partial charge in [-0.15, -0.1) is 0 Å². The minimum Gasteiger partial charge on any atom is -0.467 e. The molecule has 1 aromatic carbocycles. The molecule has 2 rings (SSSR count). The molecule has 0 aliphatic carbocycles. The summed E-state index contributed by atoms with van der Waals surface area (Å²) in [6.07, 6.45) is 1.59. The Morgan fingerprint density at radius 3 is 2.86 bits per heavy atom. The zero-order valence-electron chi connectivity index (χ0n) is 12.1. The van der Waals surface area contributed by atoms with Gasteiger partial charge >= 0.3 is 0 Å². The Kier molecular flexibility index (Phi) is 4.81. The lowest BCUT2D eigenvalue weighted by Gasteiger charge is -2.17. The van der Waals surface area contributed by atoms with Gasteiger partial charge in [0.2, 0.25) is 0 Å². The first kappa shape index (κ1) is 14.9. The third-order valence-corrected chi connectivity index (χ3v) is 3.10. The van der Waals surface area contributed by atoms with Gasteiger partial charge in [0.1, 0.15) is 12.4 Å². The highest BCUT2D eigenvalue weighted by molar-refractivity contribution is 5.95. The minimum absolute atomic E-state index is 0.0865. The molecule has 21 heavy (non-hydrogen) atoms. The van der Waals surface area contributed by atoms with Crippen molar-refractivity contribution < 1.29 is 14.3 Å². The van der Waals surface area contributed by atoms with E-state index in [1.807, 2.05) is 25.1 Å². The van der Waals surface area contributed by atoms with Crippen molar-refractivity contribution in [2.45, 2.75) is 13.5 Å². The maximum atomic E-state index is 12.5. The molecule has 0 saturated heterocycles. The van der Waals surface area contributed by atoms with E-state index in [2.05, 4.69) is 11.8 Å². The van der Waals surface area contributed by atoms with Gasteiger partial charge in [0.05, 0.1) is 12.8 Å². The van der Waals surface area contributed by atoms with Crippen molar-refractivity contribution in [2.24, 2.45) is 0 Å². The summed E-state index contributed by atoms with van der Waals surface area (Å²) < 4.78 is 5.25. The zero-order valence-corrected chi connectivity index (χ0v) is 12.1. The maximum absolute atomic E-state index is 12.5. The smallest absolute Gasteiger partial charge is 0.254 e. The van der Waals surface area contributed by atoms with E-state index in [9.17, 15) is 4.79 Å². The van der Waals surface area contributed by atoms with E-state index < -0.39 is 0 Å². The molecule has 0 aliphatic heterocycles. The summed E-state index contributed by atoms with van der Waals surface area (Å²) in [6, 6.07) is 9.07. The first-order chi connectivity index (χ1) is 10.1. The molecule has 1 N–H and O–H groups in total. The molecule has 0 bridgehead atoms. The van der Waals surface area contributed by atoms with Crippen LogP contribution in [0.25, 0.3) is 0 Å². The first-order valence-corrected chi connectivity index (χ1v) is 6.60. The SMILES string of the molecule is Cc1ccc(C#CCO)cc1C(=O)N(C)Cc1ccco1. The fourth-order valence-corrected chi connectivity index (χ4v) is 1.99. The second-order valence-corrected chi connectivity index (χ2v) is 4.73. The van der Waals surface area contributed by atoms with Crippen molar-refractivity contribution in [3.8, 4) is 11.8 Å². The van der Waals surface area contributed by atoms with Crippen LogP contribution in [0.1, 0.15) is 27.2 Å². The third-order valence-electron chi connectivity index (χ3n) is 3.10. The van der Waals surface area contributed by atoms with Gasteiger partial charge in [-0.2, -0.15) is 0 Å². The molecule has 0 atom stereocenters. The van der Waals surface area contributed by atoms with Crippen LogP contribution in [-0.2, 0) is 6.54 Å². The van der Waals surface area contributed by atoms with E-state index in [1.54, 1.807) is 30.3 Å². The second-order valence-electron chi connectivity index (χ2n) is 4.73. The highest BCUT2D eigenvalue weighted by Gasteiger charge is 2.15. The van der Waals surface area contributed by atoms with Crippen molar-refractivity contribution >= 4 is 5.91 Å². The number of aliphatic hydroxyl groups is 1. The van der Waals surface area contributed by atoms with Crippen LogP contribution in [0.4, 0.5) is 0 Å². The Morgan fingerprint density at radius 1 is 1.38 bits per heavy atom. The van der Waals surface area contributed by atoms with Crippen LogP contribution in [0.15, 0.2) is 41.0 Å². The van der Waals surface area contributed by atoms with E-state index in [1.165, 1.54) is 0 Å². The summed E-state index contributed by atoms with van der Waals surface area (Å²) in [6.45, 7) is 2.10. The molecular formula is C17H17NO3. The Morgan fingerprint density at radius 2 is 2.19 bits per heavy atom. The van der Waals surface area contributed by atoms with Crippen molar-refractivity contribution in [1.29, 1.82) is 0 Å². The standard InChI is InChI=1S/C17H17NO3/c1-13-7-8-14(5-3-9-19)11-16(13)17(20)18(2)12-15-6-4-10-21-15/h4,6-8,10-11,19H,9,12H2,1-2H3. The van der Waals surface area contributed by atoms with Crippen LogP contribution in [0.5, 0.6) is 0 Å². The number of rotatable bonds is 3. The molecule has 0 saturated carbocycles. The molecule has 2 aromatic rings. The van der Waals surface area contributed by atoms with Gasteiger partial charge in [-0.3, -0.25) is 4.79 Å². The van der Waals surface area contributed by atoms with Crippen LogP contribution < -0.4 is 0 Å². The number of carbonyl (C=O) groups is 1. The molecule has 1 aromatic heterocycles. The Balaban J connectivity index is 2.21. The van der Waals surface area contributed by atoms with Crippen LogP contribution in [0.2, 0.25) is 0 Å². The van der Waals surface area contributed by atoms with E-state index in [0.29, 0.717) is 17.7 Å². The van der Waals surface area contributed by atoms with Gasteiger partial charge in [-0.25, -0.2) is 0 Å². The quantitative estimate of drug-likeness (QED) is 0.879. The van der Waals surface area contributed by atoms with Crippen LogP contribution in [0, 0.1) is 18.8 Å². The average Bonchev–Trinajstić information content (AvgIpc) is 2.98. The number of nitrogens with zero attached hydrogens (tertiary/aromatic N) is 1. The van der Waals surface area contributed by atoms with Crippen LogP contribution in [-0.4, -0.2) is 29.6 Å². The summed E-state index contributed by atoms with van der Waals surface area (Å²) in [5.41, 5.74) is 2.21. The Hall–Kier alpha value is -2.51. The number of hydrogen-bond acceptors (Lipinski definition) is 3. The number of amides is 1. The van der Waals surface area contributed by atoms with Gasteiger partial charge in [0.15, 0.2) is 0 Å². The van der Waals surface area contributed by atoms with Crippen molar-refractivity contribution in [3.63, 3.8) is 0 Å². The van der Waals surface area contributed by atoms with Gasteiger partial charge in [-0.05, 0) is 36.8 Å². The summed E-state index contributed by atoms with van der Waals surface area (Å²) in [5.74, 6) is 6.04. The maximum Gasteiger partial charge on any atom is 0.254 e. The Labute approximate surface area is 124 Å². The number of carbonyl (C=O) groups excluding carboxylic acids is 1. The number of hydrogen-bond donors (Lipinski definition) is 1. The number of aryl methyl sites for hydroxylation is 1. The van der Waals surface area contributed by atoms with E-state index >= 15 is 0 Å². The monoisotopic (exact) mass is 283 g/mol. The van der Waals surface area contributed by atoms with Gasteiger partial charge < -0.3 is 14.4 Å². The molecule has 0 spiro atoms. The van der Waals surface area contributed by atoms with E-state index in [-0.39, 0.29) is 12.5 Å². The molecule has 108 valence electrons. The molecule has 1 heterocycles. The second kappa shape index (κ2) is 6.78. The summed E-state index contributed by atoms with van der Waals surface area (Å²) >= 11 is 0. The molecule has 0 fully saturated rings. The summed E-state index contributed by atoms with van der Waals surface area (Å²) in [5, 5.41) is 8.73. The molecular weight excluding hydrogens is 266 g/mol. The van der Waals surface area contributed by atoms with Gasteiger partial charge in [-0.1, -0.05) is 17.9 Å². The molecule has 0 unspecified atom stereocenters. The fraction of sp³-hybridized carbons (Fsp3) is 0.235. The molecule has 0 aliphatic rings. The van der Waals surface area contributed by atoms with Crippen molar-refractivity contribution in [1.82, 2.24) is 4.90 Å². The largest absolute Gasteiger partial charge is 0.467 e. The highest BCUT2D eigenvalue weighted by atomic mass is 16.3. The Bertz CT molecular complexity index is 678. The lowest BCUT2D eigenvalue weighted by molar-refractivity contribution is 0.0774. The molecule has 4 nitrogen and oxygen atoms in total. The predicted octanol–water partition coefficient (Wildman–Crippen LogP) is 2.20. The fourth-order valence-electron chi connectivity index (χ4n) is 1.99. The van der Waals surface area contributed by atoms with Gasteiger partial charge in [0, 0.05) is 18.2 Å². The normalized spacial score (nSPS) is 9.86. The summed E-state index contributed by atoms with van der Waals surface area (Å²) in [4.78, 5) is 14.1. The van der Waals surface area contributed by atoms with Gasteiger partial charge in [0.25, 0.3) is 5.91 Å². The topological polar surface area (TPSA) is 53.7 Å². The van der Waals surface area contributed by atoms with E-state index in [0.717, 1.165) is 11.3 Å². The molecule has 0 radical (unpaired) electrons. The van der Waals surface area contributed by atoms with E-state index in [4.69, 9.17) is 9.52 Å². The summed E-state index contributed by atoms with van der Waals surface area (Å²) in [7, 11) is 1.73. The first-order valence-electron chi connectivity index (χ1n) is 6.60. The lowest BCUT2D eigenvalue weighted by Crippen LogP contribution is -2.26. The van der Waals surface area contributed by atoms with Crippen molar-refractivity contribution in [2.75, 3.05) is 13.7 Å². The number of furan rings is 1. The zero-order chi connectivity index (χ0) is 15.2. The minimum atomic E-state index is -0.199. The van der Waals surface area contributed by atoms with Crippen LogP contribution >= 0.6 is 0 Å². The predicted molar refractivity (Wildman–Crippen MR) is 79.6 cm³/mol. The van der Waals surface area contributed by atoms with Crippen LogP contribution in [0.3, 0.4) is 0 Å². The number of aliphatic hydroxyl groups excluding tert-OH is 1. The third kappa shape index (κ3) is 3.74.